The van der Waals surface area contributed by atoms with Gasteiger partial charge in [0.25, 0.3) is 5.56 Å². The van der Waals surface area contributed by atoms with Crippen molar-refractivity contribution in [1.82, 2.24) is 25.1 Å². The lowest BCUT2D eigenvalue weighted by molar-refractivity contribution is -0.141. The van der Waals surface area contributed by atoms with Crippen molar-refractivity contribution in [3.05, 3.63) is 39.7 Å². The van der Waals surface area contributed by atoms with Gasteiger partial charge in [-0.1, -0.05) is 0 Å². The lowest BCUT2D eigenvalue weighted by atomic mass is 9.99. The molecule has 17 heteroatoms. The Morgan fingerprint density at radius 1 is 1.23 bits per heavy atom. The zero-order valence-electron chi connectivity index (χ0n) is 20.6. The van der Waals surface area contributed by atoms with Gasteiger partial charge in [-0.05, 0) is 31.7 Å². The number of carbonyl (C=O) groups is 1. The van der Waals surface area contributed by atoms with Crippen LogP contribution in [0, 0.1) is 0 Å². The predicted octanol–water partition coefficient (Wildman–Crippen LogP) is 3.12. The van der Waals surface area contributed by atoms with Gasteiger partial charge in [0.15, 0.2) is 11.5 Å². The van der Waals surface area contributed by atoms with Gasteiger partial charge in [-0.15, -0.1) is 0 Å². The molecule has 10 nitrogen and oxygen atoms in total. The normalized spacial score (nSPS) is 18.4. The van der Waals surface area contributed by atoms with E-state index in [0.717, 1.165) is 24.3 Å². The molecule has 2 aromatic rings. The molecule has 0 spiro atoms. The summed E-state index contributed by atoms with van der Waals surface area (Å²) in [6, 6.07) is -0.0778. The van der Waals surface area contributed by atoms with Gasteiger partial charge in [0.1, 0.15) is 5.56 Å². The summed E-state index contributed by atoms with van der Waals surface area (Å²) >= 11 is 0.922. The van der Waals surface area contributed by atoms with E-state index in [1.807, 2.05) is 4.90 Å². The number of amides is 1. The monoisotopic (exact) mass is 581 g/mol. The van der Waals surface area contributed by atoms with E-state index in [-0.39, 0.29) is 36.8 Å². The van der Waals surface area contributed by atoms with Crippen molar-refractivity contribution in [2.24, 2.45) is 0 Å². The number of nitrogens with one attached hydrogen (secondary N) is 2. The van der Waals surface area contributed by atoms with Crippen molar-refractivity contribution >= 4 is 29.4 Å². The zero-order valence-corrected chi connectivity index (χ0v) is 21.4. The lowest BCUT2D eigenvalue weighted by Crippen LogP contribution is -2.57. The fourth-order valence-electron chi connectivity index (χ4n) is 4.40. The second-order valence-electron chi connectivity index (χ2n) is 9.09. The molecular formula is C22H25F6N7O3S. The molecule has 0 radical (unpaired) electrons. The number of aromatic nitrogens is 4. The van der Waals surface area contributed by atoms with Crippen molar-refractivity contribution < 1.29 is 35.9 Å². The Bertz CT molecular complexity index is 1240. The molecule has 4 rings (SSSR count). The Morgan fingerprint density at radius 2 is 2.00 bits per heavy atom. The third-order valence-corrected chi connectivity index (χ3v) is 7.13. The SMILES string of the molecule is C[C@@H](COCCC(=O)N1CCN2c3ncc(C(F)(F)F)nc3CC[C@@H]2C1)SNc1cn[nH]c(=O)c1C(F)(F)F. The highest BCUT2D eigenvalue weighted by Crippen LogP contribution is 2.34. The van der Waals surface area contributed by atoms with E-state index in [4.69, 9.17) is 4.74 Å². The van der Waals surface area contributed by atoms with E-state index < -0.39 is 34.9 Å². The number of carbonyl (C=O) groups excluding carboxylic acids is 1. The van der Waals surface area contributed by atoms with Crippen LogP contribution in [0.25, 0.3) is 0 Å². The molecule has 4 heterocycles. The molecule has 39 heavy (non-hydrogen) atoms. The van der Waals surface area contributed by atoms with Crippen molar-refractivity contribution in [3.8, 4) is 0 Å². The van der Waals surface area contributed by atoms with E-state index in [0.29, 0.717) is 44.0 Å². The van der Waals surface area contributed by atoms with Gasteiger partial charge in [0, 0.05) is 30.9 Å². The Hall–Kier alpha value is -3.08. The summed E-state index contributed by atoms with van der Waals surface area (Å²) in [5.74, 6) is 0.287. The highest BCUT2D eigenvalue weighted by atomic mass is 32.2. The zero-order chi connectivity index (χ0) is 28.4. The molecule has 1 fully saturated rings. The maximum absolute atomic E-state index is 13.1. The Morgan fingerprint density at radius 3 is 2.72 bits per heavy atom. The van der Waals surface area contributed by atoms with Crippen LogP contribution >= 0.6 is 11.9 Å². The summed E-state index contributed by atoms with van der Waals surface area (Å²) in [6.45, 7) is 3.13. The van der Waals surface area contributed by atoms with Crippen LogP contribution in [0.5, 0.6) is 0 Å². The number of fused-ring (bicyclic) bond motifs is 3. The summed E-state index contributed by atoms with van der Waals surface area (Å²) in [6.07, 6.45) is -6.83. The van der Waals surface area contributed by atoms with Crippen LogP contribution in [0.2, 0.25) is 0 Å². The van der Waals surface area contributed by atoms with E-state index in [1.54, 1.807) is 16.9 Å². The van der Waals surface area contributed by atoms with Crippen molar-refractivity contribution in [3.63, 3.8) is 0 Å². The van der Waals surface area contributed by atoms with Gasteiger partial charge in [-0.25, -0.2) is 15.1 Å². The summed E-state index contributed by atoms with van der Waals surface area (Å²) in [5.41, 5.74) is -3.90. The third-order valence-electron chi connectivity index (χ3n) is 6.26. The number of nitrogens with zero attached hydrogens (tertiary/aromatic N) is 5. The first kappa shape index (κ1) is 28.9. The number of anilines is 2. The molecule has 2 aliphatic heterocycles. The fraction of sp³-hybridized carbons (Fsp3) is 0.591. The van der Waals surface area contributed by atoms with E-state index in [9.17, 15) is 35.9 Å². The van der Waals surface area contributed by atoms with Gasteiger partial charge in [-0.2, -0.15) is 31.4 Å². The smallest absolute Gasteiger partial charge is 0.380 e. The van der Waals surface area contributed by atoms with Crippen LogP contribution in [0.1, 0.15) is 36.7 Å². The Labute approximate surface area is 222 Å². The molecule has 2 aromatic heterocycles. The highest BCUT2D eigenvalue weighted by molar-refractivity contribution is 8.01. The van der Waals surface area contributed by atoms with Crippen LogP contribution in [-0.4, -0.2) is 75.1 Å². The molecule has 2 N–H and O–H groups in total. The molecule has 2 atom stereocenters. The number of hydrogen-bond acceptors (Lipinski definition) is 9. The Kier molecular flexibility index (Phi) is 8.58. The maximum atomic E-state index is 13.1. The lowest BCUT2D eigenvalue weighted by Gasteiger charge is -2.45. The van der Waals surface area contributed by atoms with Gasteiger partial charge >= 0.3 is 12.4 Å². The van der Waals surface area contributed by atoms with Crippen LogP contribution < -0.4 is 15.2 Å². The first-order valence-corrected chi connectivity index (χ1v) is 12.8. The number of halogens is 6. The molecule has 0 unspecified atom stereocenters. The molecule has 0 aromatic carbocycles. The van der Waals surface area contributed by atoms with Crippen molar-refractivity contribution in [2.45, 2.75) is 49.8 Å². The van der Waals surface area contributed by atoms with Crippen molar-refractivity contribution in [1.29, 1.82) is 0 Å². The number of hydrogen-bond donors (Lipinski definition) is 2. The summed E-state index contributed by atoms with van der Waals surface area (Å²) in [5, 5.41) is 4.83. The van der Waals surface area contributed by atoms with E-state index in [1.165, 1.54) is 0 Å². The molecule has 0 bridgehead atoms. The number of alkyl halides is 6. The van der Waals surface area contributed by atoms with Crippen LogP contribution in [-0.2, 0) is 28.3 Å². The van der Waals surface area contributed by atoms with Gasteiger partial charge in [-0.3, -0.25) is 9.59 Å². The summed E-state index contributed by atoms with van der Waals surface area (Å²) in [4.78, 5) is 35.6. The minimum Gasteiger partial charge on any atom is -0.380 e. The van der Waals surface area contributed by atoms with Crippen LogP contribution in [0.3, 0.4) is 0 Å². The summed E-state index contributed by atoms with van der Waals surface area (Å²) < 4.78 is 86.2. The minimum atomic E-state index is -4.85. The van der Waals surface area contributed by atoms with Crippen LogP contribution in [0.15, 0.2) is 17.2 Å². The standard InChI is InChI=1S/C22H25F6N7O3S/c1-12(39-33-15-8-30-32-20(37)18(15)22(26,27)28)11-38-7-4-17(36)34-5-6-35-13(10-34)2-3-14-19(35)29-9-16(31-14)21(23,24)25/h8-9,12-13H,2-7,10-11H2,1H3,(H2,32,33,37)/t12-,13+/m0/s1. The maximum Gasteiger partial charge on any atom is 0.434 e. The average molecular weight is 582 g/mol. The molecule has 0 aliphatic carbocycles. The van der Waals surface area contributed by atoms with Crippen LogP contribution in [0.4, 0.5) is 37.8 Å². The highest BCUT2D eigenvalue weighted by Gasteiger charge is 2.39. The largest absolute Gasteiger partial charge is 0.434 e. The van der Waals surface area contributed by atoms with Gasteiger partial charge in [0.05, 0.1) is 43.4 Å². The number of ether oxygens (including phenoxy) is 1. The van der Waals surface area contributed by atoms with Crippen molar-refractivity contribution in [2.75, 3.05) is 42.5 Å². The minimum absolute atomic E-state index is 0.0778. The molecule has 1 saturated heterocycles. The van der Waals surface area contributed by atoms with Gasteiger partial charge < -0.3 is 19.3 Å². The molecular weight excluding hydrogens is 556 g/mol. The topological polar surface area (TPSA) is 116 Å². The predicted molar refractivity (Wildman–Crippen MR) is 129 cm³/mol. The Balaban J connectivity index is 1.20. The first-order valence-electron chi connectivity index (χ1n) is 12.0. The number of aromatic amines is 1. The number of rotatable bonds is 8. The molecule has 2 aliphatic rings. The first-order chi connectivity index (χ1) is 18.3. The third kappa shape index (κ3) is 6.93. The molecule has 1 amide bonds. The number of piperazine rings is 1. The average Bonchev–Trinajstić information content (AvgIpc) is 2.87. The fourth-order valence-corrected chi connectivity index (χ4v) is 5.05. The summed E-state index contributed by atoms with van der Waals surface area (Å²) in [7, 11) is 0. The second kappa shape index (κ2) is 11.6. The quantitative estimate of drug-likeness (QED) is 0.276. The number of H-pyrrole nitrogens is 1. The molecule has 214 valence electrons. The number of aryl methyl sites for hydroxylation is 1. The second-order valence-corrected chi connectivity index (χ2v) is 10.3. The van der Waals surface area contributed by atoms with E-state index in [2.05, 4.69) is 19.8 Å². The van der Waals surface area contributed by atoms with Gasteiger partial charge in [0.2, 0.25) is 5.91 Å². The van der Waals surface area contributed by atoms with E-state index >= 15 is 0 Å². The molecule has 0 saturated carbocycles.